The Bertz CT molecular complexity index is 1160. The molecule has 2 aromatic carbocycles. The number of hydrogen-bond acceptors (Lipinski definition) is 8. The number of carbonyl (C=O) groups is 1. The lowest BCUT2D eigenvalue weighted by Crippen LogP contribution is -2.47. The molecule has 0 radical (unpaired) electrons. The summed E-state index contributed by atoms with van der Waals surface area (Å²) in [7, 11) is -3.93. The molecular weight excluding hydrogens is 510 g/mol. The summed E-state index contributed by atoms with van der Waals surface area (Å²) in [6, 6.07) is 14.8. The number of nitrogens with one attached hydrogen (secondary N) is 1. The standard InChI is InChI=1S/C27H37N3O7S/c1-18(2)15-30(16-24(31)23(28)14-19-6-4-3-5-7-19)38(33,34)21-10-8-20(9-11-21)29-27(32)37-25-17-36-26-22(25)12-13-35-26/h3-11,18,22-26,31H,12-17,28H2,1-2H3,(H,29,32)/t22-,23-,24+,25-,26+/m0/s1. The summed E-state index contributed by atoms with van der Waals surface area (Å²) < 4.78 is 44.7. The molecule has 5 atom stereocenters. The van der Waals surface area contributed by atoms with Crippen molar-refractivity contribution >= 4 is 21.8 Å². The molecule has 0 aromatic heterocycles. The minimum atomic E-state index is -3.93. The highest BCUT2D eigenvalue weighted by Crippen LogP contribution is 2.33. The van der Waals surface area contributed by atoms with Crippen molar-refractivity contribution in [3.8, 4) is 0 Å². The van der Waals surface area contributed by atoms with E-state index in [2.05, 4.69) is 5.32 Å². The van der Waals surface area contributed by atoms with Crippen LogP contribution >= 0.6 is 0 Å². The zero-order valence-corrected chi connectivity index (χ0v) is 22.5. The number of aliphatic hydroxyl groups excluding tert-OH is 1. The lowest BCUT2D eigenvalue weighted by atomic mass is 10.0. The van der Waals surface area contributed by atoms with Gasteiger partial charge in [-0.15, -0.1) is 0 Å². The van der Waals surface area contributed by atoms with Crippen LogP contribution in [0.4, 0.5) is 10.5 Å². The topological polar surface area (TPSA) is 140 Å². The molecule has 0 unspecified atom stereocenters. The number of benzene rings is 2. The minimum Gasteiger partial charge on any atom is -0.443 e. The minimum absolute atomic E-state index is 0.0244. The molecule has 4 rings (SSSR count). The molecule has 2 fully saturated rings. The molecule has 0 spiro atoms. The Balaban J connectivity index is 1.38. The number of nitrogens with zero attached hydrogens (tertiary/aromatic N) is 1. The first-order valence-corrected chi connectivity index (χ1v) is 14.4. The van der Waals surface area contributed by atoms with Crippen LogP contribution in [0.3, 0.4) is 0 Å². The third-order valence-corrected chi connectivity index (χ3v) is 8.60. The summed E-state index contributed by atoms with van der Waals surface area (Å²) in [5.74, 6) is 0.0545. The van der Waals surface area contributed by atoms with E-state index < -0.39 is 28.3 Å². The van der Waals surface area contributed by atoms with Crippen LogP contribution in [0.5, 0.6) is 0 Å². The quantitative estimate of drug-likeness (QED) is 0.390. The summed E-state index contributed by atoms with van der Waals surface area (Å²) in [4.78, 5) is 12.4. The normalized spacial score (nSPS) is 22.8. The van der Waals surface area contributed by atoms with Crippen molar-refractivity contribution in [3.63, 3.8) is 0 Å². The van der Waals surface area contributed by atoms with Gasteiger partial charge < -0.3 is 25.1 Å². The van der Waals surface area contributed by atoms with Crippen molar-refractivity contribution in [2.45, 2.75) is 56.1 Å². The average molecular weight is 548 g/mol. The number of sulfonamides is 1. The van der Waals surface area contributed by atoms with Crippen molar-refractivity contribution in [3.05, 3.63) is 60.2 Å². The molecule has 2 heterocycles. The first-order chi connectivity index (χ1) is 18.1. The van der Waals surface area contributed by atoms with Crippen molar-refractivity contribution in [2.75, 3.05) is 31.6 Å². The molecule has 2 aromatic rings. The molecule has 0 saturated carbocycles. The van der Waals surface area contributed by atoms with E-state index in [0.717, 1.165) is 12.0 Å². The highest BCUT2D eigenvalue weighted by molar-refractivity contribution is 7.89. The maximum atomic E-state index is 13.5. The second-order valence-corrected chi connectivity index (χ2v) is 12.2. The molecule has 2 aliphatic rings. The SMILES string of the molecule is CC(C)CN(C[C@@H](O)[C@@H](N)Cc1ccccc1)S(=O)(=O)c1ccc(NC(=O)O[C@H]2CO[C@H]3OCC[C@H]32)cc1. The van der Waals surface area contributed by atoms with Crippen LogP contribution in [0.1, 0.15) is 25.8 Å². The van der Waals surface area contributed by atoms with E-state index in [1.54, 1.807) is 0 Å². The van der Waals surface area contributed by atoms with Crippen molar-refractivity contribution in [1.29, 1.82) is 0 Å². The Morgan fingerprint density at radius 3 is 2.53 bits per heavy atom. The third kappa shape index (κ3) is 7.10. The second-order valence-electron chi connectivity index (χ2n) is 10.3. The van der Waals surface area contributed by atoms with Crippen LogP contribution in [-0.4, -0.2) is 74.8 Å². The Hall–Kier alpha value is -2.54. The van der Waals surface area contributed by atoms with Crippen LogP contribution in [0, 0.1) is 11.8 Å². The fourth-order valence-electron chi connectivity index (χ4n) is 4.74. The van der Waals surface area contributed by atoms with Crippen LogP contribution in [0.25, 0.3) is 0 Å². The van der Waals surface area contributed by atoms with Gasteiger partial charge >= 0.3 is 6.09 Å². The van der Waals surface area contributed by atoms with Gasteiger partial charge in [-0.2, -0.15) is 4.31 Å². The van der Waals surface area contributed by atoms with Gasteiger partial charge in [0.1, 0.15) is 6.10 Å². The fourth-order valence-corrected chi connectivity index (χ4v) is 6.36. The van der Waals surface area contributed by atoms with Gasteiger partial charge in [0.15, 0.2) is 6.29 Å². The van der Waals surface area contributed by atoms with Crippen molar-refractivity contribution in [1.82, 2.24) is 4.31 Å². The predicted molar refractivity (Wildman–Crippen MR) is 142 cm³/mol. The molecule has 2 aliphatic heterocycles. The smallest absolute Gasteiger partial charge is 0.411 e. The molecule has 10 nitrogen and oxygen atoms in total. The summed E-state index contributed by atoms with van der Waals surface area (Å²) >= 11 is 0. The third-order valence-electron chi connectivity index (χ3n) is 6.75. The molecule has 208 valence electrons. The summed E-state index contributed by atoms with van der Waals surface area (Å²) in [5.41, 5.74) is 7.59. The molecule has 1 amide bonds. The Morgan fingerprint density at radius 2 is 1.84 bits per heavy atom. The zero-order valence-electron chi connectivity index (χ0n) is 21.7. The lowest BCUT2D eigenvalue weighted by molar-refractivity contribution is -0.0907. The number of aliphatic hydroxyl groups is 1. The van der Waals surface area contributed by atoms with E-state index in [-0.39, 0.29) is 48.8 Å². The zero-order chi connectivity index (χ0) is 27.3. The van der Waals surface area contributed by atoms with E-state index in [0.29, 0.717) is 18.7 Å². The van der Waals surface area contributed by atoms with Gasteiger partial charge in [-0.3, -0.25) is 5.32 Å². The molecule has 11 heteroatoms. The Kier molecular flexibility index (Phi) is 9.40. The van der Waals surface area contributed by atoms with Crippen LogP contribution < -0.4 is 11.1 Å². The van der Waals surface area contributed by atoms with Gasteiger partial charge in [-0.1, -0.05) is 44.2 Å². The first kappa shape index (κ1) is 28.5. The van der Waals surface area contributed by atoms with Gasteiger partial charge in [-0.25, -0.2) is 13.2 Å². The number of amides is 1. The largest absolute Gasteiger partial charge is 0.443 e. The van der Waals surface area contributed by atoms with Crippen molar-refractivity contribution < 1.29 is 32.5 Å². The maximum Gasteiger partial charge on any atom is 0.411 e. The molecular formula is C27H37N3O7S. The molecule has 38 heavy (non-hydrogen) atoms. The second kappa shape index (κ2) is 12.5. The van der Waals surface area contributed by atoms with Gasteiger partial charge in [0.2, 0.25) is 10.0 Å². The predicted octanol–water partition coefficient (Wildman–Crippen LogP) is 2.57. The summed E-state index contributed by atoms with van der Waals surface area (Å²) in [5, 5.41) is 13.4. The molecule has 4 N–H and O–H groups in total. The van der Waals surface area contributed by atoms with Crippen molar-refractivity contribution in [2.24, 2.45) is 17.6 Å². The highest BCUT2D eigenvalue weighted by Gasteiger charge is 2.43. The lowest BCUT2D eigenvalue weighted by Gasteiger charge is -2.28. The van der Waals surface area contributed by atoms with Gasteiger partial charge in [0.05, 0.1) is 30.1 Å². The molecule has 0 aliphatic carbocycles. The number of carbonyl (C=O) groups excluding carboxylic acids is 1. The number of fused-ring (bicyclic) bond motifs is 1. The van der Waals surface area contributed by atoms with E-state index in [1.165, 1.54) is 28.6 Å². The van der Waals surface area contributed by atoms with E-state index >= 15 is 0 Å². The van der Waals surface area contributed by atoms with Gasteiger partial charge in [0, 0.05) is 24.8 Å². The van der Waals surface area contributed by atoms with E-state index in [4.69, 9.17) is 19.9 Å². The number of anilines is 1. The number of nitrogens with two attached hydrogens (primary N) is 1. The monoisotopic (exact) mass is 547 g/mol. The van der Waals surface area contributed by atoms with Crippen LogP contribution in [0.15, 0.2) is 59.5 Å². The van der Waals surface area contributed by atoms with E-state index in [9.17, 15) is 18.3 Å². The Labute approximate surface area is 224 Å². The molecule has 2 saturated heterocycles. The number of ether oxygens (including phenoxy) is 3. The highest BCUT2D eigenvalue weighted by atomic mass is 32.2. The number of hydrogen-bond donors (Lipinski definition) is 3. The Morgan fingerprint density at radius 1 is 1.13 bits per heavy atom. The van der Waals surface area contributed by atoms with Crippen LogP contribution in [0.2, 0.25) is 0 Å². The van der Waals surface area contributed by atoms with E-state index in [1.807, 2.05) is 44.2 Å². The molecule has 0 bridgehead atoms. The summed E-state index contributed by atoms with van der Waals surface area (Å²) in [6.07, 6.45) is -1.20. The van der Waals surface area contributed by atoms with Gasteiger partial charge in [0.25, 0.3) is 0 Å². The first-order valence-electron chi connectivity index (χ1n) is 12.9. The maximum absolute atomic E-state index is 13.5. The van der Waals surface area contributed by atoms with Gasteiger partial charge in [-0.05, 0) is 48.6 Å². The number of rotatable bonds is 11. The summed E-state index contributed by atoms with van der Waals surface area (Å²) in [6.45, 7) is 4.78. The average Bonchev–Trinajstić information content (AvgIpc) is 3.49. The fraction of sp³-hybridized carbons (Fsp3) is 0.519. The van der Waals surface area contributed by atoms with Crippen LogP contribution in [-0.2, 0) is 30.7 Å².